The second kappa shape index (κ2) is 6.38. The van der Waals surface area contributed by atoms with E-state index in [2.05, 4.69) is 10.6 Å². The molecule has 0 unspecified atom stereocenters. The van der Waals surface area contributed by atoms with E-state index in [1.807, 2.05) is 0 Å². The summed E-state index contributed by atoms with van der Waals surface area (Å²) in [7, 11) is 0. The second-order valence-electron chi connectivity index (χ2n) is 4.33. The zero-order valence-electron chi connectivity index (χ0n) is 10.7. The molecule has 3 amide bonds. The Hall–Kier alpha value is -2.08. The van der Waals surface area contributed by atoms with Crippen LogP contribution in [-0.2, 0) is 9.59 Å². The van der Waals surface area contributed by atoms with Gasteiger partial charge < -0.3 is 15.5 Å². The number of amides is 3. The lowest BCUT2D eigenvalue weighted by atomic mass is 10.2. The molecule has 1 aromatic carbocycles. The standard InChI is InChI=1S/C13H14ClN3O3/c14-10-4-2-1-3-9(10)13(20)16-7-12(19)17-6-5-15-11(18)8-17/h1-4H,5-8H2,(H,15,18)(H,16,20). The van der Waals surface area contributed by atoms with E-state index in [0.29, 0.717) is 23.7 Å². The number of hydrogen-bond acceptors (Lipinski definition) is 3. The van der Waals surface area contributed by atoms with Crippen molar-refractivity contribution in [3.63, 3.8) is 0 Å². The number of halogens is 1. The van der Waals surface area contributed by atoms with Crippen LogP contribution >= 0.6 is 11.6 Å². The molecule has 0 aliphatic carbocycles. The molecule has 1 aliphatic rings. The summed E-state index contributed by atoms with van der Waals surface area (Å²) in [5.74, 6) is -0.896. The van der Waals surface area contributed by atoms with Crippen molar-refractivity contribution in [3.8, 4) is 0 Å². The monoisotopic (exact) mass is 295 g/mol. The Labute approximate surface area is 121 Å². The minimum Gasteiger partial charge on any atom is -0.353 e. The molecule has 1 aromatic rings. The Morgan fingerprint density at radius 2 is 2.10 bits per heavy atom. The number of hydrogen-bond donors (Lipinski definition) is 2. The van der Waals surface area contributed by atoms with Crippen LogP contribution in [-0.4, -0.2) is 48.8 Å². The van der Waals surface area contributed by atoms with E-state index in [0.717, 1.165) is 0 Å². The largest absolute Gasteiger partial charge is 0.353 e. The summed E-state index contributed by atoms with van der Waals surface area (Å²) < 4.78 is 0. The second-order valence-corrected chi connectivity index (χ2v) is 4.73. The summed E-state index contributed by atoms with van der Waals surface area (Å²) in [5.41, 5.74) is 0.318. The maximum atomic E-state index is 11.9. The molecule has 0 bridgehead atoms. The van der Waals surface area contributed by atoms with Crippen LogP contribution in [0.2, 0.25) is 5.02 Å². The maximum absolute atomic E-state index is 11.9. The topological polar surface area (TPSA) is 78.5 Å². The van der Waals surface area contributed by atoms with Gasteiger partial charge in [-0.3, -0.25) is 14.4 Å². The molecule has 0 atom stereocenters. The average Bonchev–Trinajstić information content (AvgIpc) is 2.45. The minimum absolute atomic E-state index is 0.0286. The van der Waals surface area contributed by atoms with Gasteiger partial charge >= 0.3 is 0 Å². The van der Waals surface area contributed by atoms with Crippen LogP contribution in [0.3, 0.4) is 0 Å². The highest BCUT2D eigenvalue weighted by molar-refractivity contribution is 6.33. The van der Waals surface area contributed by atoms with Crippen LogP contribution in [0.5, 0.6) is 0 Å². The molecule has 20 heavy (non-hydrogen) atoms. The number of benzene rings is 1. The zero-order chi connectivity index (χ0) is 14.5. The van der Waals surface area contributed by atoms with Gasteiger partial charge in [0.05, 0.1) is 23.7 Å². The SMILES string of the molecule is O=C1CN(C(=O)CNC(=O)c2ccccc2Cl)CCN1. The predicted molar refractivity (Wildman–Crippen MR) is 73.4 cm³/mol. The van der Waals surface area contributed by atoms with Gasteiger partial charge in [0.15, 0.2) is 0 Å². The van der Waals surface area contributed by atoms with Crippen molar-refractivity contribution in [2.45, 2.75) is 0 Å². The first-order valence-electron chi connectivity index (χ1n) is 6.15. The van der Waals surface area contributed by atoms with Gasteiger partial charge in [-0.15, -0.1) is 0 Å². The highest BCUT2D eigenvalue weighted by Gasteiger charge is 2.21. The van der Waals surface area contributed by atoms with Gasteiger partial charge in [-0.05, 0) is 12.1 Å². The summed E-state index contributed by atoms with van der Waals surface area (Å²) in [4.78, 5) is 36.3. The van der Waals surface area contributed by atoms with Gasteiger partial charge in [0, 0.05) is 13.1 Å². The molecule has 106 valence electrons. The highest BCUT2D eigenvalue weighted by Crippen LogP contribution is 2.14. The van der Waals surface area contributed by atoms with Crippen molar-refractivity contribution in [1.29, 1.82) is 0 Å². The lowest BCUT2D eigenvalue weighted by Gasteiger charge is -2.26. The number of piperazine rings is 1. The lowest BCUT2D eigenvalue weighted by molar-refractivity contribution is -0.137. The lowest BCUT2D eigenvalue weighted by Crippen LogP contribution is -2.52. The minimum atomic E-state index is -0.412. The molecule has 2 rings (SSSR count). The third-order valence-electron chi connectivity index (χ3n) is 2.91. The van der Waals surface area contributed by atoms with Crippen LogP contribution in [0, 0.1) is 0 Å². The summed E-state index contributed by atoms with van der Waals surface area (Å²) in [6.07, 6.45) is 0. The molecule has 0 saturated carbocycles. The van der Waals surface area contributed by atoms with Gasteiger partial charge in [0.25, 0.3) is 5.91 Å². The number of carbonyl (C=O) groups excluding carboxylic acids is 3. The molecular formula is C13H14ClN3O3. The molecule has 1 heterocycles. The van der Waals surface area contributed by atoms with Crippen LogP contribution in [0.15, 0.2) is 24.3 Å². The van der Waals surface area contributed by atoms with Crippen molar-refractivity contribution < 1.29 is 14.4 Å². The van der Waals surface area contributed by atoms with Gasteiger partial charge in [0.1, 0.15) is 0 Å². The van der Waals surface area contributed by atoms with Crippen LogP contribution in [0.25, 0.3) is 0 Å². The van der Waals surface area contributed by atoms with Crippen molar-refractivity contribution in [3.05, 3.63) is 34.9 Å². The normalized spacial score (nSPS) is 14.7. The fraction of sp³-hybridized carbons (Fsp3) is 0.308. The van der Waals surface area contributed by atoms with E-state index < -0.39 is 5.91 Å². The summed E-state index contributed by atoms with van der Waals surface area (Å²) in [6, 6.07) is 6.60. The molecule has 0 radical (unpaired) electrons. The molecule has 1 saturated heterocycles. The Kier molecular flexibility index (Phi) is 4.57. The van der Waals surface area contributed by atoms with Crippen molar-refractivity contribution in [1.82, 2.24) is 15.5 Å². The fourth-order valence-electron chi connectivity index (χ4n) is 1.86. The molecular weight excluding hydrogens is 282 g/mol. The van der Waals surface area contributed by atoms with E-state index >= 15 is 0 Å². The van der Waals surface area contributed by atoms with Crippen molar-refractivity contribution in [2.75, 3.05) is 26.2 Å². The fourth-order valence-corrected chi connectivity index (χ4v) is 2.08. The predicted octanol–water partition coefficient (Wildman–Crippen LogP) is 0.0282. The first-order chi connectivity index (χ1) is 9.58. The Morgan fingerprint density at radius 3 is 2.80 bits per heavy atom. The smallest absolute Gasteiger partial charge is 0.253 e. The third-order valence-corrected chi connectivity index (χ3v) is 3.24. The number of nitrogens with zero attached hydrogens (tertiary/aromatic N) is 1. The highest BCUT2D eigenvalue weighted by atomic mass is 35.5. The molecule has 6 nitrogen and oxygen atoms in total. The Morgan fingerprint density at radius 1 is 1.35 bits per heavy atom. The van der Waals surface area contributed by atoms with Crippen LogP contribution in [0.1, 0.15) is 10.4 Å². The molecule has 2 N–H and O–H groups in total. The molecule has 1 fully saturated rings. The first-order valence-corrected chi connectivity index (χ1v) is 6.53. The summed E-state index contributed by atoms with van der Waals surface area (Å²) in [5, 5.41) is 5.46. The quantitative estimate of drug-likeness (QED) is 0.826. The van der Waals surface area contributed by atoms with Crippen molar-refractivity contribution in [2.24, 2.45) is 0 Å². The number of rotatable bonds is 3. The molecule has 0 spiro atoms. The van der Waals surface area contributed by atoms with E-state index in [4.69, 9.17) is 11.6 Å². The molecule has 1 aliphatic heterocycles. The Bertz CT molecular complexity index is 547. The maximum Gasteiger partial charge on any atom is 0.253 e. The van der Waals surface area contributed by atoms with Gasteiger partial charge in [-0.1, -0.05) is 23.7 Å². The average molecular weight is 296 g/mol. The molecule has 0 aromatic heterocycles. The zero-order valence-corrected chi connectivity index (χ0v) is 11.4. The number of carbonyl (C=O) groups is 3. The van der Waals surface area contributed by atoms with Gasteiger partial charge in [0.2, 0.25) is 11.8 Å². The Balaban J connectivity index is 1.89. The van der Waals surface area contributed by atoms with Gasteiger partial charge in [-0.25, -0.2) is 0 Å². The van der Waals surface area contributed by atoms with Crippen molar-refractivity contribution >= 4 is 29.3 Å². The number of nitrogens with one attached hydrogen (secondary N) is 2. The summed E-state index contributed by atoms with van der Waals surface area (Å²) >= 11 is 5.89. The van der Waals surface area contributed by atoms with E-state index in [1.54, 1.807) is 24.3 Å². The third kappa shape index (κ3) is 3.48. The first kappa shape index (κ1) is 14.3. The summed E-state index contributed by atoms with van der Waals surface area (Å²) in [6.45, 7) is 0.758. The van der Waals surface area contributed by atoms with Gasteiger partial charge in [-0.2, -0.15) is 0 Å². The van der Waals surface area contributed by atoms with Crippen LogP contribution in [0.4, 0.5) is 0 Å². The van der Waals surface area contributed by atoms with E-state index in [1.165, 1.54) is 4.90 Å². The van der Waals surface area contributed by atoms with E-state index in [9.17, 15) is 14.4 Å². The molecule has 7 heteroatoms. The van der Waals surface area contributed by atoms with Crippen LogP contribution < -0.4 is 10.6 Å². The van der Waals surface area contributed by atoms with E-state index in [-0.39, 0.29) is 24.9 Å².